The summed E-state index contributed by atoms with van der Waals surface area (Å²) in [4.78, 5) is 20.7. The van der Waals surface area contributed by atoms with Gasteiger partial charge in [0.2, 0.25) is 10.0 Å². The number of nitro groups is 2. The molecular formula is C17H19N5O6S. The summed E-state index contributed by atoms with van der Waals surface area (Å²) in [6, 6.07) is 9.15. The molecule has 0 aromatic heterocycles. The molecule has 0 radical (unpaired) electrons. The molecule has 0 aliphatic rings. The van der Waals surface area contributed by atoms with Crippen LogP contribution < -0.4 is 5.43 Å². The lowest BCUT2D eigenvalue weighted by atomic mass is 10.2. The average molecular weight is 421 g/mol. The van der Waals surface area contributed by atoms with Crippen molar-refractivity contribution in [1.82, 2.24) is 4.31 Å². The number of non-ortho nitro benzene ring substituents is 1. The summed E-state index contributed by atoms with van der Waals surface area (Å²) in [6.07, 6.45) is 1.26. The zero-order valence-corrected chi connectivity index (χ0v) is 16.5. The van der Waals surface area contributed by atoms with E-state index in [0.29, 0.717) is 5.56 Å². The molecule has 2 aromatic carbocycles. The molecule has 0 spiro atoms. The van der Waals surface area contributed by atoms with Crippen LogP contribution in [0, 0.1) is 20.2 Å². The minimum atomic E-state index is -3.85. The SMILES string of the molecule is CCN(CC)S(=O)(=O)c1ccc(N/N=C\c2cccc([N+](=O)[O-])c2)c([N+](=O)[O-])c1. The lowest BCUT2D eigenvalue weighted by molar-refractivity contribution is -0.384. The lowest BCUT2D eigenvalue weighted by Gasteiger charge is -2.18. The molecule has 0 heterocycles. The summed E-state index contributed by atoms with van der Waals surface area (Å²) in [6.45, 7) is 3.82. The van der Waals surface area contributed by atoms with E-state index in [1.54, 1.807) is 19.9 Å². The number of hydrogen-bond donors (Lipinski definition) is 1. The monoisotopic (exact) mass is 421 g/mol. The van der Waals surface area contributed by atoms with E-state index in [1.165, 1.54) is 40.9 Å². The van der Waals surface area contributed by atoms with Gasteiger partial charge in [0.1, 0.15) is 5.69 Å². The van der Waals surface area contributed by atoms with Crippen molar-refractivity contribution in [1.29, 1.82) is 0 Å². The van der Waals surface area contributed by atoms with Crippen LogP contribution in [0.1, 0.15) is 19.4 Å². The first-order valence-corrected chi connectivity index (χ1v) is 9.96. The maximum Gasteiger partial charge on any atom is 0.295 e. The fourth-order valence-corrected chi connectivity index (χ4v) is 4.00. The molecule has 0 saturated heterocycles. The third kappa shape index (κ3) is 5.12. The van der Waals surface area contributed by atoms with Crippen LogP contribution in [0.25, 0.3) is 0 Å². The minimum Gasteiger partial charge on any atom is -0.272 e. The molecular weight excluding hydrogens is 402 g/mol. The Bertz CT molecular complexity index is 1050. The molecule has 29 heavy (non-hydrogen) atoms. The largest absolute Gasteiger partial charge is 0.295 e. The first-order chi connectivity index (χ1) is 13.7. The number of rotatable bonds is 9. The molecule has 0 unspecified atom stereocenters. The number of benzene rings is 2. The van der Waals surface area contributed by atoms with E-state index in [1.807, 2.05) is 0 Å². The molecule has 154 valence electrons. The molecule has 0 fully saturated rings. The highest BCUT2D eigenvalue weighted by atomic mass is 32.2. The molecule has 0 atom stereocenters. The van der Waals surface area contributed by atoms with E-state index in [0.717, 1.165) is 6.07 Å². The van der Waals surface area contributed by atoms with E-state index in [2.05, 4.69) is 10.5 Å². The molecule has 12 heteroatoms. The highest BCUT2D eigenvalue weighted by Crippen LogP contribution is 2.29. The predicted molar refractivity (Wildman–Crippen MR) is 108 cm³/mol. The van der Waals surface area contributed by atoms with Crippen LogP contribution in [0.5, 0.6) is 0 Å². The highest BCUT2D eigenvalue weighted by molar-refractivity contribution is 7.89. The van der Waals surface area contributed by atoms with Crippen molar-refractivity contribution in [2.24, 2.45) is 5.10 Å². The Morgan fingerprint density at radius 1 is 1.07 bits per heavy atom. The number of sulfonamides is 1. The molecule has 2 aromatic rings. The van der Waals surface area contributed by atoms with Crippen LogP contribution in [-0.2, 0) is 10.0 Å². The first-order valence-electron chi connectivity index (χ1n) is 8.52. The van der Waals surface area contributed by atoms with Gasteiger partial charge in [-0.3, -0.25) is 25.7 Å². The number of hydrogen-bond acceptors (Lipinski definition) is 8. The van der Waals surface area contributed by atoms with Crippen molar-refractivity contribution in [2.45, 2.75) is 18.7 Å². The van der Waals surface area contributed by atoms with Crippen molar-refractivity contribution in [3.05, 3.63) is 68.3 Å². The Balaban J connectivity index is 2.31. The van der Waals surface area contributed by atoms with Gasteiger partial charge >= 0.3 is 0 Å². The Kier molecular flexibility index (Phi) is 6.96. The van der Waals surface area contributed by atoms with E-state index < -0.39 is 25.6 Å². The third-order valence-corrected chi connectivity index (χ3v) is 6.03. The van der Waals surface area contributed by atoms with Crippen LogP contribution in [0.4, 0.5) is 17.1 Å². The molecule has 0 aliphatic heterocycles. The van der Waals surface area contributed by atoms with Gasteiger partial charge in [0, 0.05) is 36.9 Å². The maximum absolute atomic E-state index is 12.6. The standard InChI is InChI=1S/C17H19N5O6S/c1-3-20(4-2)29(27,28)15-8-9-16(17(11-15)22(25)26)19-18-12-13-6-5-7-14(10-13)21(23)24/h5-12,19H,3-4H2,1-2H3/b18-12-. The summed E-state index contributed by atoms with van der Waals surface area (Å²) >= 11 is 0. The van der Waals surface area contributed by atoms with Crippen molar-refractivity contribution >= 4 is 33.3 Å². The molecule has 0 aliphatic carbocycles. The number of anilines is 1. The highest BCUT2D eigenvalue weighted by Gasteiger charge is 2.25. The van der Waals surface area contributed by atoms with Gasteiger partial charge in [-0.2, -0.15) is 9.41 Å². The zero-order chi connectivity index (χ0) is 21.6. The topological polar surface area (TPSA) is 148 Å². The maximum atomic E-state index is 12.6. The van der Waals surface area contributed by atoms with Crippen LogP contribution in [0.2, 0.25) is 0 Å². The molecule has 1 N–H and O–H groups in total. The summed E-state index contributed by atoms with van der Waals surface area (Å²) < 4.78 is 26.3. The van der Waals surface area contributed by atoms with Crippen LogP contribution in [-0.4, -0.2) is 41.9 Å². The van der Waals surface area contributed by atoms with Crippen LogP contribution in [0.3, 0.4) is 0 Å². The van der Waals surface area contributed by atoms with Crippen LogP contribution >= 0.6 is 0 Å². The molecule has 0 saturated carbocycles. The van der Waals surface area contributed by atoms with Crippen molar-refractivity contribution < 1.29 is 18.3 Å². The zero-order valence-electron chi connectivity index (χ0n) is 15.7. The third-order valence-electron chi connectivity index (χ3n) is 3.99. The number of nitrogens with one attached hydrogen (secondary N) is 1. The van der Waals surface area contributed by atoms with Crippen molar-refractivity contribution in [2.75, 3.05) is 18.5 Å². The second-order valence-corrected chi connectivity index (χ2v) is 7.69. The summed E-state index contributed by atoms with van der Waals surface area (Å²) in [5, 5.41) is 26.0. The van der Waals surface area contributed by atoms with E-state index in [-0.39, 0.29) is 29.4 Å². The quantitative estimate of drug-likeness (QED) is 0.372. The second-order valence-electron chi connectivity index (χ2n) is 5.75. The molecule has 2 rings (SSSR count). The van der Waals surface area contributed by atoms with E-state index in [4.69, 9.17) is 0 Å². The molecule has 0 amide bonds. The number of nitro benzene ring substituents is 2. The second kappa shape index (κ2) is 9.21. The Morgan fingerprint density at radius 2 is 1.76 bits per heavy atom. The van der Waals surface area contributed by atoms with E-state index in [9.17, 15) is 28.6 Å². The smallest absolute Gasteiger partial charge is 0.272 e. The van der Waals surface area contributed by atoms with Gasteiger partial charge in [-0.1, -0.05) is 26.0 Å². The fourth-order valence-electron chi connectivity index (χ4n) is 2.53. The van der Waals surface area contributed by atoms with Crippen molar-refractivity contribution in [3.8, 4) is 0 Å². The summed E-state index contributed by atoms with van der Waals surface area (Å²) in [5.41, 5.74) is 2.29. The summed E-state index contributed by atoms with van der Waals surface area (Å²) in [5.74, 6) is 0. The van der Waals surface area contributed by atoms with Gasteiger partial charge in [0.05, 0.1) is 21.0 Å². The predicted octanol–water partition coefficient (Wildman–Crippen LogP) is 2.98. The van der Waals surface area contributed by atoms with Gasteiger partial charge in [-0.05, 0) is 12.1 Å². The van der Waals surface area contributed by atoms with Gasteiger partial charge in [-0.15, -0.1) is 0 Å². The fraction of sp³-hybridized carbons (Fsp3) is 0.235. The van der Waals surface area contributed by atoms with Gasteiger partial charge < -0.3 is 0 Å². The first kappa shape index (κ1) is 21.9. The normalized spacial score (nSPS) is 11.7. The average Bonchev–Trinajstić information content (AvgIpc) is 2.68. The summed E-state index contributed by atoms with van der Waals surface area (Å²) in [7, 11) is -3.85. The van der Waals surface area contributed by atoms with Crippen molar-refractivity contribution in [3.63, 3.8) is 0 Å². The Hall–Kier alpha value is -3.38. The Labute approximate surface area is 167 Å². The van der Waals surface area contributed by atoms with Gasteiger partial charge in [0.15, 0.2) is 0 Å². The Morgan fingerprint density at radius 3 is 2.34 bits per heavy atom. The van der Waals surface area contributed by atoms with Gasteiger partial charge in [-0.25, -0.2) is 8.42 Å². The van der Waals surface area contributed by atoms with Gasteiger partial charge in [0.25, 0.3) is 11.4 Å². The van der Waals surface area contributed by atoms with E-state index >= 15 is 0 Å². The lowest BCUT2D eigenvalue weighted by Crippen LogP contribution is -2.30. The molecule has 11 nitrogen and oxygen atoms in total. The number of nitrogens with zero attached hydrogens (tertiary/aromatic N) is 4. The number of hydrazone groups is 1. The van der Waals surface area contributed by atoms with Crippen LogP contribution in [0.15, 0.2) is 52.5 Å². The minimum absolute atomic E-state index is 0.0184. The molecule has 0 bridgehead atoms.